The van der Waals surface area contributed by atoms with Gasteiger partial charge in [-0.15, -0.1) is 0 Å². The summed E-state index contributed by atoms with van der Waals surface area (Å²) in [5, 5.41) is 12.8. The summed E-state index contributed by atoms with van der Waals surface area (Å²) in [5.74, 6) is 0. The van der Waals surface area contributed by atoms with Crippen molar-refractivity contribution in [2.45, 2.75) is 0 Å². The van der Waals surface area contributed by atoms with Crippen molar-refractivity contribution in [1.82, 2.24) is 9.61 Å². The lowest BCUT2D eigenvalue weighted by molar-refractivity contribution is 0.981. The molecule has 0 atom stereocenters. The van der Waals surface area contributed by atoms with Crippen LogP contribution >= 0.6 is 0 Å². The molecule has 8 rings (SSSR count). The number of pyridine rings is 1. The second-order valence-corrected chi connectivity index (χ2v) is 10.0. The first-order valence-corrected chi connectivity index (χ1v) is 13.3. The second-order valence-electron chi connectivity index (χ2n) is 10.0. The maximum atomic E-state index is 5.50. The third-order valence-electron chi connectivity index (χ3n) is 7.76. The van der Waals surface area contributed by atoms with E-state index in [2.05, 4.69) is 150 Å². The molecule has 6 aromatic carbocycles. The molecule has 0 saturated carbocycles. The summed E-state index contributed by atoms with van der Waals surface area (Å²) >= 11 is 0. The predicted molar refractivity (Wildman–Crippen MR) is 164 cm³/mol. The number of rotatable bonds is 3. The maximum Gasteiger partial charge on any atom is 0.102 e. The highest BCUT2D eigenvalue weighted by Crippen LogP contribution is 2.45. The van der Waals surface area contributed by atoms with Crippen molar-refractivity contribution in [2.75, 3.05) is 0 Å². The maximum absolute atomic E-state index is 5.50. The summed E-state index contributed by atoms with van der Waals surface area (Å²) in [5.41, 5.74) is 7.85. The average Bonchev–Trinajstić information content (AvgIpc) is 3.41. The smallest absolute Gasteiger partial charge is 0.102 e. The Morgan fingerprint density at radius 2 is 0.897 bits per heavy atom. The summed E-state index contributed by atoms with van der Waals surface area (Å²) in [6.07, 6.45) is 0. The molecule has 0 N–H and O–H groups in total. The number of benzene rings is 6. The van der Waals surface area contributed by atoms with Crippen LogP contribution in [0.1, 0.15) is 0 Å². The minimum absolute atomic E-state index is 1.00. The van der Waals surface area contributed by atoms with Crippen molar-refractivity contribution in [1.29, 1.82) is 0 Å². The zero-order valence-electron chi connectivity index (χ0n) is 21.3. The third kappa shape index (κ3) is 3.39. The summed E-state index contributed by atoms with van der Waals surface area (Å²) in [6, 6.07) is 51.9. The molecular formula is C37H24N2. The number of aromatic nitrogens is 2. The highest BCUT2D eigenvalue weighted by atomic mass is 15.2. The minimum Gasteiger partial charge on any atom is -0.231 e. The fourth-order valence-corrected chi connectivity index (χ4v) is 6.02. The molecule has 0 bridgehead atoms. The van der Waals surface area contributed by atoms with Crippen molar-refractivity contribution in [3.8, 4) is 33.6 Å². The lowest BCUT2D eigenvalue weighted by Crippen LogP contribution is -1.95. The Hall–Kier alpha value is -5.21. The van der Waals surface area contributed by atoms with Crippen molar-refractivity contribution in [3.05, 3.63) is 146 Å². The summed E-state index contributed by atoms with van der Waals surface area (Å²) in [6.45, 7) is 0. The molecule has 39 heavy (non-hydrogen) atoms. The number of hydrogen-bond donors (Lipinski definition) is 0. The van der Waals surface area contributed by atoms with Gasteiger partial charge in [0.2, 0.25) is 0 Å². The van der Waals surface area contributed by atoms with Crippen LogP contribution in [-0.4, -0.2) is 9.61 Å². The van der Waals surface area contributed by atoms with Crippen LogP contribution in [0, 0.1) is 0 Å². The van der Waals surface area contributed by atoms with E-state index in [1.807, 2.05) is 0 Å². The lowest BCUT2D eigenvalue weighted by atomic mass is 9.90. The Bertz CT molecular complexity index is 2100. The molecule has 2 nitrogen and oxygen atoms in total. The van der Waals surface area contributed by atoms with Crippen LogP contribution in [0.5, 0.6) is 0 Å². The predicted octanol–water partition coefficient (Wildman–Crippen LogP) is 9.79. The van der Waals surface area contributed by atoms with Gasteiger partial charge in [0, 0.05) is 22.1 Å². The third-order valence-corrected chi connectivity index (χ3v) is 7.76. The van der Waals surface area contributed by atoms with Gasteiger partial charge in [0.25, 0.3) is 0 Å². The fourth-order valence-electron chi connectivity index (χ4n) is 6.02. The first-order valence-electron chi connectivity index (χ1n) is 13.3. The SMILES string of the molecule is c1ccc(-c2c(-c3c4ccccc4cc4ccccc34)nn3c(-c4ccccc4)cc4ccccc4c23)cc1. The van der Waals surface area contributed by atoms with E-state index in [4.69, 9.17) is 5.10 Å². The molecule has 0 spiro atoms. The summed E-state index contributed by atoms with van der Waals surface area (Å²) in [4.78, 5) is 0. The average molecular weight is 497 g/mol. The molecule has 2 heteroatoms. The quantitative estimate of drug-likeness (QED) is 0.223. The van der Waals surface area contributed by atoms with Gasteiger partial charge in [0.15, 0.2) is 0 Å². The Labute approximate surface area is 226 Å². The zero-order valence-corrected chi connectivity index (χ0v) is 21.3. The van der Waals surface area contributed by atoms with Gasteiger partial charge in [0.05, 0.1) is 11.2 Å². The van der Waals surface area contributed by atoms with E-state index in [0.717, 1.165) is 33.6 Å². The van der Waals surface area contributed by atoms with Gasteiger partial charge in [-0.1, -0.05) is 133 Å². The molecule has 0 saturated heterocycles. The van der Waals surface area contributed by atoms with Crippen LogP contribution in [0.2, 0.25) is 0 Å². The standard InChI is InChI=1S/C37H24N2/c1-3-13-25(14-4-1)33-24-29-19-9-12-22-32(29)37-34(26-15-5-2-6-16-26)36(38-39(33)37)35-30-20-10-7-17-27(30)23-28-18-8-11-21-31(28)35/h1-24H. The Balaban J connectivity index is 1.63. The van der Waals surface area contributed by atoms with E-state index in [1.54, 1.807) is 0 Å². The van der Waals surface area contributed by atoms with Crippen LogP contribution in [0.3, 0.4) is 0 Å². The Morgan fingerprint density at radius 3 is 1.51 bits per heavy atom. The monoisotopic (exact) mass is 496 g/mol. The number of nitrogens with zero attached hydrogens (tertiary/aromatic N) is 2. The molecule has 8 aromatic rings. The molecule has 0 unspecified atom stereocenters. The number of hydrogen-bond acceptors (Lipinski definition) is 1. The lowest BCUT2D eigenvalue weighted by Gasteiger charge is -2.12. The van der Waals surface area contributed by atoms with E-state index in [-0.39, 0.29) is 0 Å². The van der Waals surface area contributed by atoms with Crippen molar-refractivity contribution in [3.63, 3.8) is 0 Å². The molecule has 0 fully saturated rings. The van der Waals surface area contributed by atoms with Gasteiger partial charge in [-0.2, -0.15) is 5.10 Å². The topological polar surface area (TPSA) is 17.3 Å². The fraction of sp³-hybridized carbons (Fsp3) is 0. The Morgan fingerprint density at radius 1 is 0.410 bits per heavy atom. The van der Waals surface area contributed by atoms with Gasteiger partial charge in [-0.25, -0.2) is 4.52 Å². The van der Waals surface area contributed by atoms with Crippen molar-refractivity contribution >= 4 is 37.8 Å². The molecule has 182 valence electrons. The molecule has 0 radical (unpaired) electrons. The van der Waals surface area contributed by atoms with E-state index >= 15 is 0 Å². The molecule has 0 aliphatic rings. The van der Waals surface area contributed by atoms with Crippen LogP contribution in [-0.2, 0) is 0 Å². The van der Waals surface area contributed by atoms with Gasteiger partial charge in [-0.3, -0.25) is 0 Å². The van der Waals surface area contributed by atoms with Crippen LogP contribution in [0.4, 0.5) is 0 Å². The van der Waals surface area contributed by atoms with Crippen LogP contribution in [0.15, 0.2) is 146 Å². The van der Waals surface area contributed by atoms with E-state index < -0.39 is 0 Å². The van der Waals surface area contributed by atoms with Crippen LogP contribution in [0.25, 0.3) is 71.5 Å². The van der Waals surface area contributed by atoms with Gasteiger partial charge in [-0.05, 0) is 44.6 Å². The highest BCUT2D eigenvalue weighted by Gasteiger charge is 2.23. The van der Waals surface area contributed by atoms with E-state index in [1.165, 1.54) is 37.9 Å². The molecule has 0 aliphatic heterocycles. The molecule has 0 aliphatic carbocycles. The molecule has 0 amide bonds. The van der Waals surface area contributed by atoms with Gasteiger partial charge in [0.1, 0.15) is 5.69 Å². The van der Waals surface area contributed by atoms with E-state index in [0.29, 0.717) is 0 Å². The van der Waals surface area contributed by atoms with Crippen LogP contribution < -0.4 is 0 Å². The Kier molecular flexibility index (Phi) is 4.86. The summed E-state index contributed by atoms with van der Waals surface area (Å²) < 4.78 is 2.17. The minimum atomic E-state index is 1.00. The molecule has 2 heterocycles. The van der Waals surface area contributed by atoms with Gasteiger partial charge < -0.3 is 0 Å². The zero-order chi connectivity index (χ0) is 25.8. The normalized spacial score (nSPS) is 11.6. The molecule has 2 aromatic heterocycles. The first-order chi connectivity index (χ1) is 19.4. The highest BCUT2D eigenvalue weighted by molar-refractivity contribution is 6.17. The van der Waals surface area contributed by atoms with Gasteiger partial charge >= 0.3 is 0 Å². The largest absolute Gasteiger partial charge is 0.231 e. The number of fused-ring (bicyclic) bond motifs is 5. The first kappa shape index (κ1) is 21.8. The van der Waals surface area contributed by atoms with Crippen molar-refractivity contribution in [2.24, 2.45) is 0 Å². The van der Waals surface area contributed by atoms with E-state index in [9.17, 15) is 0 Å². The summed E-state index contributed by atoms with van der Waals surface area (Å²) in [7, 11) is 0. The molecular weight excluding hydrogens is 472 g/mol. The van der Waals surface area contributed by atoms with Crippen molar-refractivity contribution < 1.29 is 0 Å². The second kappa shape index (κ2) is 8.68.